The van der Waals surface area contributed by atoms with Crippen molar-refractivity contribution in [2.45, 2.75) is 67.8 Å². The van der Waals surface area contributed by atoms with Gasteiger partial charge < -0.3 is 48.5 Å². The molecule has 2 fully saturated rings. The Labute approximate surface area is 213 Å². The first-order chi connectivity index (χ1) is 17.4. The summed E-state index contributed by atoms with van der Waals surface area (Å²) in [5.41, 5.74) is 0. The number of hydrogen-bond donors (Lipinski definition) is 3. The number of hydrogen-bond acceptors (Lipinski definition) is 10. The monoisotopic (exact) mass is 512 g/mol. The highest BCUT2D eigenvalue weighted by molar-refractivity contribution is 5.00. The fourth-order valence-corrected chi connectivity index (χ4v) is 4.20. The van der Waals surface area contributed by atoms with Gasteiger partial charge in [-0.15, -0.1) is 32.9 Å². The van der Waals surface area contributed by atoms with E-state index in [4.69, 9.17) is 33.2 Å². The van der Waals surface area contributed by atoms with E-state index in [2.05, 4.69) is 32.9 Å². The van der Waals surface area contributed by atoms with Crippen LogP contribution in [0.25, 0.3) is 0 Å². The lowest BCUT2D eigenvalue weighted by molar-refractivity contribution is -0.391. The molecule has 0 aliphatic carbocycles. The lowest BCUT2D eigenvalue weighted by Gasteiger charge is -2.46. The summed E-state index contributed by atoms with van der Waals surface area (Å²) >= 11 is 0. The van der Waals surface area contributed by atoms with Gasteiger partial charge in [-0.1, -0.05) is 30.4 Å². The van der Waals surface area contributed by atoms with Crippen LogP contribution in [0.15, 0.2) is 63.3 Å². The minimum absolute atomic E-state index is 0.100. The Hall–Kier alpha value is -1.70. The number of allylic oxidation sites excluding steroid dienone is 1. The predicted molar refractivity (Wildman–Crippen MR) is 132 cm³/mol. The number of ether oxygens (including phenoxy) is 7. The van der Waals surface area contributed by atoms with Gasteiger partial charge in [-0.25, -0.2) is 0 Å². The second-order valence-corrected chi connectivity index (χ2v) is 8.28. The first kappa shape index (κ1) is 30.5. The summed E-state index contributed by atoms with van der Waals surface area (Å²) in [7, 11) is 0. The Kier molecular flexibility index (Phi) is 13.2. The molecule has 10 heteroatoms. The first-order valence-corrected chi connectivity index (χ1v) is 11.9. The van der Waals surface area contributed by atoms with E-state index in [-0.39, 0.29) is 32.8 Å². The van der Waals surface area contributed by atoms with Crippen molar-refractivity contribution in [3.05, 3.63) is 63.3 Å². The number of rotatable bonds is 18. The summed E-state index contributed by atoms with van der Waals surface area (Å²) in [6.07, 6.45) is -0.136. The van der Waals surface area contributed by atoms with Crippen molar-refractivity contribution in [2.24, 2.45) is 0 Å². The molecular weight excluding hydrogens is 472 g/mol. The maximum Gasteiger partial charge on any atom is 0.203 e. The quantitative estimate of drug-likeness (QED) is 0.232. The van der Waals surface area contributed by atoms with Crippen molar-refractivity contribution in [3.8, 4) is 0 Å². The van der Waals surface area contributed by atoms with Crippen molar-refractivity contribution >= 4 is 0 Å². The zero-order valence-corrected chi connectivity index (χ0v) is 20.7. The highest BCUT2D eigenvalue weighted by Crippen LogP contribution is 2.42. The van der Waals surface area contributed by atoms with Crippen molar-refractivity contribution in [3.63, 3.8) is 0 Å². The molecule has 10 nitrogen and oxygen atoms in total. The molecule has 0 aromatic heterocycles. The second kappa shape index (κ2) is 15.5. The zero-order valence-electron chi connectivity index (χ0n) is 20.7. The smallest absolute Gasteiger partial charge is 0.203 e. The Morgan fingerprint density at radius 2 is 1.31 bits per heavy atom. The largest absolute Gasteiger partial charge is 0.394 e. The molecule has 2 rings (SSSR count). The van der Waals surface area contributed by atoms with Crippen LogP contribution in [0.5, 0.6) is 0 Å². The lowest BCUT2D eigenvalue weighted by atomic mass is 9.97. The van der Waals surface area contributed by atoms with Gasteiger partial charge in [0.25, 0.3) is 0 Å². The van der Waals surface area contributed by atoms with Crippen LogP contribution < -0.4 is 0 Å². The van der Waals surface area contributed by atoms with Crippen LogP contribution in [0.3, 0.4) is 0 Å². The summed E-state index contributed by atoms with van der Waals surface area (Å²) in [4.78, 5) is 0. The lowest BCUT2D eigenvalue weighted by Crippen LogP contribution is -2.63. The van der Waals surface area contributed by atoms with Gasteiger partial charge in [-0.2, -0.15) is 0 Å². The van der Waals surface area contributed by atoms with Crippen LogP contribution in [0.1, 0.15) is 12.8 Å². The maximum atomic E-state index is 10.8. The molecule has 2 heterocycles. The summed E-state index contributed by atoms with van der Waals surface area (Å²) in [6, 6.07) is 0. The molecule has 0 aromatic rings. The summed E-state index contributed by atoms with van der Waals surface area (Å²) < 4.78 is 41.8. The van der Waals surface area contributed by atoms with Crippen LogP contribution in [0.2, 0.25) is 0 Å². The van der Waals surface area contributed by atoms with Crippen molar-refractivity contribution in [2.75, 3.05) is 33.0 Å². The summed E-state index contributed by atoms with van der Waals surface area (Å²) in [6.45, 7) is 18.4. The van der Waals surface area contributed by atoms with Gasteiger partial charge in [-0.05, 0) is 6.42 Å². The average molecular weight is 513 g/mol. The molecule has 2 aliphatic rings. The van der Waals surface area contributed by atoms with E-state index in [0.717, 1.165) is 0 Å². The van der Waals surface area contributed by atoms with Gasteiger partial charge in [0.2, 0.25) is 5.79 Å². The van der Waals surface area contributed by atoms with Gasteiger partial charge in [0, 0.05) is 6.42 Å². The SMILES string of the molecule is C=CCC[C@@]1(O[C@H]2O[C@H](CO)[C@@H](O)[C@H](OCC=C)[C@H]2OCC=C)O[C@H](O)[C@@H](OCC=C)[C@@H]1OCC=C. The molecule has 0 radical (unpaired) electrons. The Bertz CT molecular complexity index is 715. The van der Waals surface area contributed by atoms with Gasteiger partial charge in [0.15, 0.2) is 12.6 Å². The van der Waals surface area contributed by atoms with Gasteiger partial charge >= 0.3 is 0 Å². The van der Waals surface area contributed by atoms with E-state index in [1.807, 2.05) is 0 Å². The van der Waals surface area contributed by atoms with Crippen LogP contribution in [-0.2, 0) is 33.2 Å². The van der Waals surface area contributed by atoms with E-state index >= 15 is 0 Å². The molecule has 2 saturated heterocycles. The normalized spacial score (nSPS) is 36.3. The maximum absolute atomic E-state index is 10.8. The Balaban J connectivity index is 2.47. The van der Waals surface area contributed by atoms with Crippen LogP contribution >= 0.6 is 0 Å². The van der Waals surface area contributed by atoms with Gasteiger partial charge in [0.05, 0.1) is 33.0 Å². The highest BCUT2D eigenvalue weighted by Gasteiger charge is 2.60. The topological polar surface area (TPSA) is 125 Å². The van der Waals surface area contributed by atoms with E-state index in [1.54, 1.807) is 18.2 Å². The fraction of sp³-hybridized carbons (Fsp3) is 0.615. The molecule has 2 aliphatic heterocycles. The summed E-state index contributed by atoms with van der Waals surface area (Å²) in [5, 5.41) is 31.5. The minimum Gasteiger partial charge on any atom is -0.394 e. The molecule has 9 atom stereocenters. The molecule has 204 valence electrons. The first-order valence-electron chi connectivity index (χ1n) is 11.9. The van der Waals surface area contributed by atoms with Crippen LogP contribution in [0.4, 0.5) is 0 Å². The third kappa shape index (κ3) is 7.42. The molecular formula is C26H40O10. The standard InChI is InChI=1S/C26H40O10/c1-6-11-12-26(23(33-16-10-5)22(24(29)35-26)32-15-9-4)36-25-21(31-14-8-3)20(30-13-7-2)19(28)18(17-27)34-25/h6-10,18-25,27-29H,1-5,11-17H2/t18-,19-,20+,21-,22+,23+,24+,25-,26+/m1/s1. The van der Waals surface area contributed by atoms with E-state index < -0.39 is 61.6 Å². The zero-order chi connectivity index (χ0) is 26.6. The minimum atomic E-state index is -1.58. The average Bonchev–Trinajstić information content (AvgIpc) is 3.13. The molecule has 0 amide bonds. The second-order valence-electron chi connectivity index (χ2n) is 8.28. The van der Waals surface area contributed by atoms with E-state index in [9.17, 15) is 15.3 Å². The number of aliphatic hydroxyl groups is 3. The fourth-order valence-electron chi connectivity index (χ4n) is 4.20. The molecule has 36 heavy (non-hydrogen) atoms. The molecule has 0 unspecified atom stereocenters. The van der Waals surface area contributed by atoms with Gasteiger partial charge in [0.1, 0.15) is 36.6 Å². The van der Waals surface area contributed by atoms with Gasteiger partial charge in [-0.3, -0.25) is 0 Å². The van der Waals surface area contributed by atoms with Crippen molar-refractivity contribution in [1.82, 2.24) is 0 Å². The highest BCUT2D eigenvalue weighted by atomic mass is 16.8. The third-order valence-electron chi connectivity index (χ3n) is 5.76. The number of aliphatic hydroxyl groups excluding tert-OH is 3. The third-order valence-corrected chi connectivity index (χ3v) is 5.76. The molecule has 0 saturated carbocycles. The molecule has 0 spiro atoms. The van der Waals surface area contributed by atoms with Crippen LogP contribution in [0, 0.1) is 0 Å². The predicted octanol–water partition coefficient (Wildman–Crippen LogP) is 1.38. The van der Waals surface area contributed by atoms with Crippen molar-refractivity contribution in [1.29, 1.82) is 0 Å². The molecule has 0 bridgehead atoms. The molecule has 3 N–H and O–H groups in total. The Morgan fingerprint density at radius 1 is 0.750 bits per heavy atom. The van der Waals surface area contributed by atoms with Crippen molar-refractivity contribution < 1.29 is 48.5 Å². The summed E-state index contributed by atoms with van der Waals surface area (Å²) in [5.74, 6) is -1.58. The molecule has 0 aromatic carbocycles. The Morgan fingerprint density at radius 3 is 1.86 bits per heavy atom. The van der Waals surface area contributed by atoms with E-state index in [1.165, 1.54) is 12.2 Å². The van der Waals surface area contributed by atoms with E-state index in [0.29, 0.717) is 6.42 Å². The van der Waals surface area contributed by atoms with Crippen LogP contribution in [-0.4, -0.2) is 103 Å².